The standard InChI is InChI=1S/C77H150O17P2/c1-9-70(8)56-48-40-34-36-44-52-60-77(82)94-73(64-88-75(80)58-50-42-35-33-39-47-55-69(6)7)66-92-96(85,86)90-62-71(78)61-89-95(83,84)91-65-72(93-76(81)59-51-43-32-28-24-20-16-18-22-26-30-38-46-54-68(4)5)63-87-74(79)57-49-41-31-27-23-19-15-13-11-10-12-14-17-21-25-29-37-45-53-67(2)3/h67-73,78H,9-66H2,1-8H3,(H,83,84)(H,85,86)/t70?,71-,72-,73-/m1/s1. The van der Waals surface area contributed by atoms with Crippen LogP contribution < -0.4 is 0 Å². The van der Waals surface area contributed by atoms with Gasteiger partial charge in [-0.2, -0.15) is 0 Å². The van der Waals surface area contributed by atoms with Gasteiger partial charge in [-0.05, 0) is 49.4 Å². The van der Waals surface area contributed by atoms with E-state index in [0.29, 0.717) is 31.6 Å². The average Bonchev–Trinajstić information content (AvgIpc) is 1.89. The summed E-state index contributed by atoms with van der Waals surface area (Å²) in [5.41, 5.74) is 0. The van der Waals surface area contributed by atoms with E-state index in [1.165, 1.54) is 186 Å². The molecule has 0 aromatic rings. The second-order valence-electron chi connectivity index (χ2n) is 29.4. The number of aliphatic hydroxyl groups excluding tert-OH is 1. The lowest BCUT2D eigenvalue weighted by molar-refractivity contribution is -0.161. The lowest BCUT2D eigenvalue weighted by Crippen LogP contribution is -2.30. The molecule has 0 heterocycles. The molecule has 6 atom stereocenters. The van der Waals surface area contributed by atoms with E-state index < -0.39 is 97.5 Å². The first-order valence-corrected chi connectivity index (χ1v) is 42.7. The summed E-state index contributed by atoms with van der Waals surface area (Å²) < 4.78 is 68.5. The molecule has 3 unspecified atom stereocenters. The normalized spacial score (nSPS) is 14.4. The SMILES string of the molecule is CCC(C)CCCCCCCCC(=O)O[C@H](COC(=O)CCCCCCCCC(C)C)COP(=O)(O)OC[C@H](O)COP(=O)(O)OC[C@@H](COC(=O)CCCCCCCCCCCCCCCCCCCCC(C)C)OC(=O)CCCCCCCCCCCCCCCC(C)C. The Hall–Kier alpha value is -1.94. The zero-order valence-electron chi connectivity index (χ0n) is 63.0. The first-order chi connectivity index (χ1) is 46.1. The second-order valence-corrected chi connectivity index (χ2v) is 32.3. The molecule has 570 valence electrons. The molecule has 0 radical (unpaired) electrons. The fraction of sp³-hybridized carbons (Fsp3) is 0.948. The predicted molar refractivity (Wildman–Crippen MR) is 391 cm³/mol. The van der Waals surface area contributed by atoms with Crippen molar-refractivity contribution >= 4 is 39.5 Å². The van der Waals surface area contributed by atoms with Crippen molar-refractivity contribution < 1.29 is 80.2 Å². The molecule has 0 aliphatic carbocycles. The Morgan fingerprint density at radius 2 is 0.500 bits per heavy atom. The van der Waals surface area contributed by atoms with Crippen molar-refractivity contribution in [3.63, 3.8) is 0 Å². The number of carbonyl (C=O) groups excluding carboxylic acids is 4. The molecule has 3 N–H and O–H groups in total. The molecule has 0 spiro atoms. The van der Waals surface area contributed by atoms with Gasteiger partial charge < -0.3 is 33.8 Å². The van der Waals surface area contributed by atoms with Gasteiger partial charge in [0.25, 0.3) is 0 Å². The van der Waals surface area contributed by atoms with Crippen LogP contribution >= 0.6 is 15.6 Å². The van der Waals surface area contributed by atoms with Gasteiger partial charge in [-0.1, -0.05) is 338 Å². The minimum Gasteiger partial charge on any atom is -0.462 e. The molecule has 0 saturated carbocycles. The molecule has 0 fully saturated rings. The van der Waals surface area contributed by atoms with Gasteiger partial charge in [0.05, 0.1) is 26.4 Å². The highest BCUT2D eigenvalue weighted by Gasteiger charge is 2.30. The Bertz CT molecular complexity index is 1890. The van der Waals surface area contributed by atoms with E-state index in [1.54, 1.807) is 0 Å². The van der Waals surface area contributed by atoms with E-state index in [1.807, 2.05) is 0 Å². The summed E-state index contributed by atoms with van der Waals surface area (Å²) >= 11 is 0. The molecule has 0 aliphatic heterocycles. The predicted octanol–water partition coefficient (Wildman–Crippen LogP) is 22.4. The molecule has 96 heavy (non-hydrogen) atoms. The monoisotopic (exact) mass is 1410 g/mol. The highest BCUT2D eigenvalue weighted by molar-refractivity contribution is 7.47. The zero-order chi connectivity index (χ0) is 71.0. The second kappa shape index (κ2) is 66.3. The molecule has 0 aromatic carbocycles. The van der Waals surface area contributed by atoms with E-state index in [9.17, 15) is 43.2 Å². The van der Waals surface area contributed by atoms with Crippen molar-refractivity contribution in [3.05, 3.63) is 0 Å². The fourth-order valence-corrected chi connectivity index (χ4v) is 13.3. The summed E-state index contributed by atoms with van der Waals surface area (Å²) in [4.78, 5) is 72.7. The maximum Gasteiger partial charge on any atom is 0.472 e. The van der Waals surface area contributed by atoms with Crippen LogP contribution in [0.5, 0.6) is 0 Å². The van der Waals surface area contributed by atoms with Gasteiger partial charge in [0.15, 0.2) is 12.2 Å². The summed E-state index contributed by atoms with van der Waals surface area (Å²) in [5.74, 6) is 0.884. The average molecular weight is 1410 g/mol. The number of phosphoric ester groups is 2. The summed E-state index contributed by atoms with van der Waals surface area (Å²) in [5, 5.41) is 10.6. The summed E-state index contributed by atoms with van der Waals surface area (Å²) in [7, 11) is -9.91. The number of hydrogen-bond acceptors (Lipinski definition) is 15. The van der Waals surface area contributed by atoms with Crippen molar-refractivity contribution in [1.82, 2.24) is 0 Å². The van der Waals surface area contributed by atoms with Gasteiger partial charge in [-0.25, -0.2) is 9.13 Å². The van der Waals surface area contributed by atoms with Crippen LogP contribution in [0, 0.1) is 23.7 Å². The first kappa shape index (κ1) is 94.1. The Balaban J connectivity index is 5.18. The molecular formula is C77H150O17P2. The minimum absolute atomic E-state index is 0.102. The lowest BCUT2D eigenvalue weighted by Gasteiger charge is -2.21. The minimum atomic E-state index is -4.96. The molecule has 19 heteroatoms. The van der Waals surface area contributed by atoms with Gasteiger partial charge in [-0.15, -0.1) is 0 Å². The quantitative estimate of drug-likeness (QED) is 0.0222. The number of unbranched alkanes of at least 4 members (excludes halogenated alkanes) is 39. The van der Waals surface area contributed by atoms with Crippen LogP contribution in [0.1, 0.15) is 389 Å². The largest absolute Gasteiger partial charge is 0.472 e. The smallest absolute Gasteiger partial charge is 0.462 e. The molecular weight excluding hydrogens is 1260 g/mol. The number of aliphatic hydroxyl groups is 1. The van der Waals surface area contributed by atoms with Crippen LogP contribution in [0.25, 0.3) is 0 Å². The maximum absolute atomic E-state index is 13.1. The fourth-order valence-electron chi connectivity index (χ4n) is 11.7. The number of hydrogen-bond donors (Lipinski definition) is 3. The van der Waals surface area contributed by atoms with E-state index in [-0.39, 0.29) is 25.7 Å². The van der Waals surface area contributed by atoms with E-state index in [4.69, 9.17) is 37.0 Å². The van der Waals surface area contributed by atoms with E-state index in [0.717, 1.165) is 114 Å². The molecule has 0 saturated heterocycles. The number of esters is 4. The van der Waals surface area contributed by atoms with E-state index >= 15 is 0 Å². The van der Waals surface area contributed by atoms with Gasteiger partial charge in [0.2, 0.25) is 0 Å². The molecule has 0 bridgehead atoms. The molecule has 0 amide bonds. The topological polar surface area (TPSA) is 237 Å². The van der Waals surface area contributed by atoms with Gasteiger partial charge >= 0.3 is 39.5 Å². The van der Waals surface area contributed by atoms with Crippen LogP contribution in [-0.2, 0) is 65.4 Å². The third kappa shape index (κ3) is 69.2. The molecule has 0 aliphatic rings. The van der Waals surface area contributed by atoms with Crippen LogP contribution in [0.3, 0.4) is 0 Å². The third-order valence-electron chi connectivity index (χ3n) is 18.2. The van der Waals surface area contributed by atoms with Crippen LogP contribution in [0.2, 0.25) is 0 Å². The molecule has 0 aromatic heterocycles. The van der Waals surface area contributed by atoms with Crippen molar-refractivity contribution in [2.24, 2.45) is 23.7 Å². The number of carbonyl (C=O) groups is 4. The molecule has 0 rings (SSSR count). The highest BCUT2D eigenvalue weighted by Crippen LogP contribution is 2.45. The molecule has 17 nitrogen and oxygen atoms in total. The number of phosphoric acid groups is 2. The summed E-state index contributed by atoms with van der Waals surface area (Å²) in [6.07, 6.45) is 51.7. The van der Waals surface area contributed by atoms with Crippen LogP contribution in [-0.4, -0.2) is 96.7 Å². The zero-order valence-corrected chi connectivity index (χ0v) is 64.8. The maximum atomic E-state index is 13.1. The van der Waals surface area contributed by atoms with Crippen molar-refractivity contribution in [2.45, 2.75) is 408 Å². The highest BCUT2D eigenvalue weighted by atomic mass is 31.2. The van der Waals surface area contributed by atoms with Crippen molar-refractivity contribution in [1.29, 1.82) is 0 Å². The van der Waals surface area contributed by atoms with Crippen LogP contribution in [0.4, 0.5) is 0 Å². The third-order valence-corrected chi connectivity index (χ3v) is 20.1. The van der Waals surface area contributed by atoms with E-state index in [2.05, 4.69) is 55.4 Å². The Morgan fingerprint density at radius 1 is 0.292 bits per heavy atom. The van der Waals surface area contributed by atoms with Crippen molar-refractivity contribution in [3.8, 4) is 0 Å². The summed E-state index contributed by atoms with van der Waals surface area (Å²) in [6, 6.07) is 0. The van der Waals surface area contributed by atoms with Gasteiger partial charge in [0.1, 0.15) is 19.3 Å². The van der Waals surface area contributed by atoms with Crippen LogP contribution in [0.15, 0.2) is 0 Å². The number of ether oxygens (including phenoxy) is 4. The number of rotatable bonds is 74. The van der Waals surface area contributed by atoms with Crippen molar-refractivity contribution in [2.75, 3.05) is 39.6 Å². The Labute approximate surface area is 588 Å². The summed E-state index contributed by atoms with van der Waals surface area (Å²) in [6.45, 7) is 14.1. The Morgan fingerprint density at radius 3 is 0.740 bits per heavy atom. The van der Waals surface area contributed by atoms with Gasteiger partial charge in [-0.3, -0.25) is 37.3 Å². The lowest BCUT2D eigenvalue weighted by atomic mass is 10.00. The first-order valence-electron chi connectivity index (χ1n) is 39.7. The van der Waals surface area contributed by atoms with Gasteiger partial charge in [0, 0.05) is 25.7 Å². The Kier molecular flexibility index (Phi) is 65.0.